The fourth-order valence-corrected chi connectivity index (χ4v) is 1.78. The van der Waals surface area contributed by atoms with Gasteiger partial charge in [-0.05, 0) is 12.1 Å². The van der Waals surface area contributed by atoms with Gasteiger partial charge in [0.05, 0.1) is 24.3 Å². The molecular weight excluding hydrogens is 321 g/mol. The molecule has 120 valence electrons. The maximum Gasteiger partial charge on any atom is 0.200 e. The highest BCUT2D eigenvalue weighted by Gasteiger charge is 2.26. The van der Waals surface area contributed by atoms with E-state index in [0.29, 0.717) is 0 Å². The monoisotopic (exact) mass is 329 g/mol. The molecule has 2 aromatic carbocycles. The Balaban J connectivity index is 2.34. The molecule has 8 heteroatoms. The Morgan fingerprint density at radius 1 is 0.913 bits per heavy atom. The number of nitriles is 1. The van der Waals surface area contributed by atoms with E-state index in [1.54, 1.807) is 0 Å². The van der Waals surface area contributed by atoms with E-state index in [9.17, 15) is 22.0 Å². The summed E-state index contributed by atoms with van der Waals surface area (Å²) in [6.45, 7) is -0.909. The number of halogens is 5. The first-order valence-electron chi connectivity index (χ1n) is 6.12. The Kier molecular flexibility index (Phi) is 4.69. The lowest BCUT2D eigenvalue weighted by Gasteiger charge is -2.12. The van der Waals surface area contributed by atoms with Crippen LogP contribution in [0.2, 0.25) is 0 Å². The molecule has 3 nitrogen and oxygen atoms in total. The van der Waals surface area contributed by atoms with Crippen LogP contribution >= 0.6 is 0 Å². The molecule has 0 amide bonds. The highest BCUT2D eigenvalue weighted by Crippen LogP contribution is 2.30. The van der Waals surface area contributed by atoms with Crippen LogP contribution in [-0.4, -0.2) is 7.11 Å². The quantitative estimate of drug-likeness (QED) is 0.486. The fraction of sp³-hybridized carbons (Fsp3) is 0.133. The van der Waals surface area contributed by atoms with Crippen LogP contribution < -0.4 is 9.47 Å². The average molecular weight is 329 g/mol. The largest absolute Gasteiger partial charge is 0.493 e. The molecule has 0 fully saturated rings. The van der Waals surface area contributed by atoms with Gasteiger partial charge in [0.2, 0.25) is 5.82 Å². The molecule has 23 heavy (non-hydrogen) atoms. The van der Waals surface area contributed by atoms with Gasteiger partial charge in [-0.3, -0.25) is 0 Å². The molecule has 0 aliphatic heterocycles. The van der Waals surface area contributed by atoms with Crippen LogP contribution in [-0.2, 0) is 6.61 Å². The predicted molar refractivity (Wildman–Crippen MR) is 68.3 cm³/mol. The van der Waals surface area contributed by atoms with Gasteiger partial charge < -0.3 is 9.47 Å². The maximum absolute atomic E-state index is 13.5. The molecule has 0 unspecified atom stereocenters. The number of hydrogen-bond acceptors (Lipinski definition) is 3. The van der Waals surface area contributed by atoms with Crippen molar-refractivity contribution in [3.63, 3.8) is 0 Å². The lowest BCUT2D eigenvalue weighted by molar-refractivity contribution is 0.265. The van der Waals surface area contributed by atoms with Crippen molar-refractivity contribution in [3.8, 4) is 17.6 Å². The molecular formula is C15H8F5NO2. The van der Waals surface area contributed by atoms with Crippen molar-refractivity contribution in [2.45, 2.75) is 6.61 Å². The highest BCUT2D eigenvalue weighted by atomic mass is 19.2. The third-order valence-corrected chi connectivity index (χ3v) is 2.97. The van der Waals surface area contributed by atoms with Crippen molar-refractivity contribution in [2.24, 2.45) is 0 Å². The average Bonchev–Trinajstić information content (AvgIpc) is 2.58. The molecule has 0 radical (unpaired) electrons. The molecule has 2 aromatic rings. The molecule has 0 spiro atoms. The zero-order valence-electron chi connectivity index (χ0n) is 11.6. The predicted octanol–water partition coefficient (Wildman–Crippen LogP) is 3.84. The Bertz CT molecular complexity index is 772. The maximum atomic E-state index is 13.5. The number of nitrogens with zero attached hydrogens (tertiary/aromatic N) is 1. The minimum absolute atomic E-state index is 0.0181. The minimum atomic E-state index is -2.24. The van der Waals surface area contributed by atoms with Gasteiger partial charge in [-0.1, -0.05) is 0 Å². The second kappa shape index (κ2) is 6.52. The molecule has 0 heterocycles. The van der Waals surface area contributed by atoms with Crippen LogP contribution in [0.15, 0.2) is 18.2 Å². The van der Waals surface area contributed by atoms with Gasteiger partial charge in [-0.25, -0.2) is 22.0 Å². The van der Waals surface area contributed by atoms with Crippen molar-refractivity contribution in [1.29, 1.82) is 5.26 Å². The molecule has 0 aliphatic rings. The molecule has 0 atom stereocenters. The lowest BCUT2D eigenvalue weighted by Crippen LogP contribution is -2.10. The van der Waals surface area contributed by atoms with Gasteiger partial charge in [0.25, 0.3) is 0 Å². The first kappa shape index (κ1) is 16.5. The van der Waals surface area contributed by atoms with Crippen LogP contribution in [0.3, 0.4) is 0 Å². The summed E-state index contributed by atoms with van der Waals surface area (Å²) in [6, 6.07) is 5.77. The van der Waals surface area contributed by atoms with Gasteiger partial charge in [-0.2, -0.15) is 5.26 Å². The number of hydrogen-bond donors (Lipinski definition) is 0. The van der Waals surface area contributed by atoms with Crippen molar-refractivity contribution >= 4 is 0 Å². The summed E-state index contributed by atoms with van der Waals surface area (Å²) in [7, 11) is 1.27. The van der Waals surface area contributed by atoms with Gasteiger partial charge in [-0.15, -0.1) is 0 Å². The van der Waals surface area contributed by atoms with E-state index in [0.717, 1.165) is 0 Å². The van der Waals surface area contributed by atoms with Crippen LogP contribution in [0.5, 0.6) is 11.5 Å². The van der Waals surface area contributed by atoms with E-state index in [-0.39, 0.29) is 17.1 Å². The van der Waals surface area contributed by atoms with Crippen LogP contribution in [0.4, 0.5) is 22.0 Å². The summed E-state index contributed by atoms with van der Waals surface area (Å²) in [5.41, 5.74) is -0.863. The van der Waals surface area contributed by atoms with E-state index in [4.69, 9.17) is 14.7 Å². The third-order valence-electron chi connectivity index (χ3n) is 2.97. The number of rotatable bonds is 4. The van der Waals surface area contributed by atoms with Crippen LogP contribution in [0.25, 0.3) is 0 Å². The van der Waals surface area contributed by atoms with Crippen molar-refractivity contribution in [3.05, 3.63) is 58.4 Å². The first-order valence-corrected chi connectivity index (χ1v) is 6.12. The molecule has 0 saturated heterocycles. The molecule has 0 aliphatic carbocycles. The van der Waals surface area contributed by atoms with Crippen LogP contribution in [0, 0.1) is 40.4 Å². The summed E-state index contributed by atoms with van der Waals surface area (Å²) in [5, 5.41) is 8.75. The third kappa shape index (κ3) is 3.04. The molecule has 0 saturated carbocycles. The Hall–Kier alpha value is -2.82. The fourth-order valence-electron chi connectivity index (χ4n) is 1.78. The molecule has 0 bridgehead atoms. The molecule has 0 N–H and O–H groups in total. The Morgan fingerprint density at radius 3 is 2.00 bits per heavy atom. The van der Waals surface area contributed by atoms with Crippen LogP contribution in [0.1, 0.15) is 11.1 Å². The number of ether oxygens (including phenoxy) is 2. The Morgan fingerprint density at radius 2 is 1.48 bits per heavy atom. The summed E-state index contributed by atoms with van der Waals surface area (Å²) in [6.07, 6.45) is 0. The zero-order valence-corrected chi connectivity index (χ0v) is 11.6. The van der Waals surface area contributed by atoms with Gasteiger partial charge >= 0.3 is 0 Å². The first-order chi connectivity index (χ1) is 10.9. The van der Waals surface area contributed by atoms with E-state index in [2.05, 4.69) is 0 Å². The van der Waals surface area contributed by atoms with Crippen molar-refractivity contribution < 1.29 is 31.4 Å². The summed E-state index contributed by atoms with van der Waals surface area (Å²) in [5.74, 6) is -10.2. The summed E-state index contributed by atoms with van der Waals surface area (Å²) >= 11 is 0. The normalized spacial score (nSPS) is 10.3. The van der Waals surface area contributed by atoms with Crippen molar-refractivity contribution in [2.75, 3.05) is 7.11 Å². The van der Waals surface area contributed by atoms with Gasteiger partial charge in [0.15, 0.2) is 34.8 Å². The lowest BCUT2D eigenvalue weighted by atomic mass is 10.1. The standard InChI is InChI=1S/C15H8F5NO2/c1-22-10-4-7(5-21)2-3-9(10)23-6-8-11(16)13(18)15(20)14(19)12(8)17/h2-4H,6H2,1H3. The zero-order chi connectivity index (χ0) is 17.1. The van der Waals surface area contributed by atoms with Gasteiger partial charge in [0.1, 0.15) is 6.61 Å². The van der Waals surface area contributed by atoms with E-state index in [1.165, 1.54) is 25.3 Å². The smallest absolute Gasteiger partial charge is 0.200 e. The molecule has 0 aromatic heterocycles. The summed E-state index contributed by atoms with van der Waals surface area (Å²) in [4.78, 5) is 0. The summed E-state index contributed by atoms with van der Waals surface area (Å²) < 4.78 is 76.2. The molecule has 2 rings (SSSR count). The number of methoxy groups -OCH3 is 1. The van der Waals surface area contributed by atoms with E-state index >= 15 is 0 Å². The second-order valence-corrected chi connectivity index (χ2v) is 4.31. The second-order valence-electron chi connectivity index (χ2n) is 4.31. The SMILES string of the molecule is COc1cc(C#N)ccc1OCc1c(F)c(F)c(F)c(F)c1F. The Labute approximate surface area is 127 Å². The van der Waals surface area contributed by atoms with E-state index < -0.39 is 41.3 Å². The highest BCUT2D eigenvalue weighted by molar-refractivity contribution is 5.46. The van der Waals surface area contributed by atoms with Gasteiger partial charge in [0, 0.05) is 6.07 Å². The number of benzene rings is 2. The topological polar surface area (TPSA) is 42.2 Å². The van der Waals surface area contributed by atoms with E-state index in [1.807, 2.05) is 6.07 Å². The van der Waals surface area contributed by atoms with Crippen molar-refractivity contribution in [1.82, 2.24) is 0 Å². The minimum Gasteiger partial charge on any atom is -0.493 e.